The number of hydrogen-bond acceptors (Lipinski definition) is 10. The molecule has 0 bridgehead atoms. The lowest BCUT2D eigenvalue weighted by Crippen LogP contribution is -2.60. The van der Waals surface area contributed by atoms with Gasteiger partial charge in [0, 0.05) is 0 Å². The number of allylic oxidation sites excluding steroid dienone is 4. The fraction of sp³-hybridized carbons (Fsp3) is 0.878. The fourth-order valence-corrected chi connectivity index (χ4v) is 6.49. The van der Waals surface area contributed by atoms with Crippen LogP contribution in [0, 0.1) is 0 Å². The van der Waals surface area contributed by atoms with Crippen molar-refractivity contribution in [1.82, 2.24) is 5.32 Å². The Bertz CT molecular complexity index is 903. The van der Waals surface area contributed by atoms with Crippen LogP contribution in [0.4, 0.5) is 0 Å². The highest BCUT2D eigenvalue weighted by molar-refractivity contribution is 5.80. The van der Waals surface area contributed by atoms with E-state index in [9.17, 15) is 40.5 Å². The van der Waals surface area contributed by atoms with E-state index in [-0.39, 0.29) is 6.42 Å². The zero-order chi connectivity index (χ0) is 38.4. The minimum absolute atomic E-state index is 0.254. The number of rotatable bonds is 33. The van der Waals surface area contributed by atoms with E-state index < -0.39 is 74.2 Å². The first kappa shape index (κ1) is 48.6. The van der Waals surface area contributed by atoms with Crippen LogP contribution in [0.2, 0.25) is 0 Å². The van der Waals surface area contributed by atoms with Gasteiger partial charge in [0.15, 0.2) is 6.29 Å². The molecule has 11 nitrogen and oxygen atoms in total. The second kappa shape index (κ2) is 31.9. The largest absolute Gasteiger partial charge is 0.394 e. The van der Waals surface area contributed by atoms with E-state index in [1.54, 1.807) is 0 Å². The molecule has 1 fully saturated rings. The molecule has 0 radical (unpaired) electrons. The predicted molar refractivity (Wildman–Crippen MR) is 205 cm³/mol. The highest BCUT2D eigenvalue weighted by Crippen LogP contribution is 2.23. The predicted octanol–water partition coefficient (Wildman–Crippen LogP) is 5.49. The standard InChI is InChI=1S/C41H77NO10/c1-3-5-7-9-11-12-13-14-15-16-17-18-19-20-21-23-25-27-29-34(45)40(50)42-32(36(46)33(44)28-26-24-22-10-8-6-4-2)31-51-41-39(49)38(48)37(47)35(30-43)52-41/h11-14,32-39,41,43-49H,3-10,15-31H2,1-2H3,(H,42,50)/b12-11-,14-13-. The van der Waals surface area contributed by atoms with Crippen LogP contribution in [-0.4, -0.2) is 110 Å². The summed E-state index contributed by atoms with van der Waals surface area (Å²) in [4.78, 5) is 13.0. The van der Waals surface area contributed by atoms with Gasteiger partial charge in [0.1, 0.15) is 36.6 Å². The Morgan fingerprint density at radius 1 is 0.673 bits per heavy atom. The molecular formula is C41H77NO10. The molecule has 11 heteroatoms. The van der Waals surface area contributed by atoms with Gasteiger partial charge in [0.05, 0.1) is 25.4 Å². The van der Waals surface area contributed by atoms with Gasteiger partial charge in [0.25, 0.3) is 0 Å². The molecule has 1 rings (SSSR count). The molecule has 0 aromatic rings. The van der Waals surface area contributed by atoms with Gasteiger partial charge >= 0.3 is 0 Å². The number of amides is 1. The maximum atomic E-state index is 13.0. The van der Waals surface area contributed by atoms with Gasteiger partial charge in [0.2, 0.25) is 5.91 Å². The molecule has 0 aromatic heterocycles. The third-order valence-corrected chi connectivity index (χ3v) is 10.0. The third-order valence-electron chi connectivity index (χ3n) is 10.0. The quantitative estimate of drug-likeness (QED) is 0.0315. The van der Waals surface area contributed by atoms with Crippen molar-refractivity contribution in [1.29, 1.82) is 0 Å². The molecule has 306 valence electrons. The van der Waals surface area contributed by atoms with Crippen molar-refractivity contribution in [3.05, 3.63) is 24.3 Å². The Labute approximate surface area is 314 Å². The average Bonchev–Trinajstić information content (AvgIpc) is 3.14. The maximum Gasteiger partial charge on any atom is 0.249 e. The smallest absolute Gasteiger partial charge is 0.249 e. The number of carbonyl (C=O) groups excluding carboxylic acids is 1. The zero-order valence-electron chi connectivity index (χ0n) is 32.5. The molecule has 9 atom stereocenters. The number of nitrogens with one attached hydrogen (secondary N) is 1. The van der Waals surface area contributed by atoms with Gasteiger partial charge in [-0.2, -0.15) is 0 Å². The first-order valence-electron chi connectivity index (χ1n) is 20.8. The van der Waals surface area contributed by atoms with Crippen LogP contribution < -0.4 is 5.32 Å². The molecule has 0 spiro atoms. The Morgan fingerprint density at radius 3 is 1.71 bits per heavy atom. The number of ether oxygens (including phenoxy) is 2. The van der Waals surface area contributed by atoms with Gasteiger partial charge in [-0.15, -0.1) is 0 Å². The van der Waals surface area contributed by atoms with Crippen molar-refractivity contribution in [2.24, 2.45) is 0 Å². The van der Waals surface area contributed by atoms with Crippen molar-refractivity contribution >= 4 is 5.91 Å². The second-order valence-corrected chi connectivity index (χ2v) is 14.7. The highest BCUT2D eigenvalue weighted by Gasteiger charge is 2.44. The van der Waals surface area contributed by atoms with Crippen molar-refractivity contribution in [3.8, 4) is 0 Å². The molecule has 1 amide bonds. The summed E-state index contributed by atoms with van der Waals surface area (Å²) in [7, 11) is 0. The van der Waals surface area contributed by atoms with E-state index in [0.717, 1.165) is 51.4 Å². The van der Waals surface area contributed by atoms with Crippen molar-refractivity contribution in [3.63, 3.8) is 0 Å². The topological polar surface area (TPSA) is 189 Å². The molecule has 0 saturated carbocycles. The van der Waals surface area contributed by atoms with E-state index >= 15 is 0 Å². The molecule has 8 N–H and O–H groups in total. The maximum absolute atomic E-state index is 13.0. The van der Waals surface area contributed by atoms with E-state index in [4.69, 9.17) is 9.47 Å². The molecule has 9 unspecified atom stereocenters. The lowest BCUT2D eigenvalue weighted by Gasteiger charge is -2.40. The molecule has 1 saturated heterocycles. The molecule has 1 aliphatic heterocycles. The Balaban J connectivity index is 2.44. The summed E-state index contributed by atoms with van der Waals surface area (Å²) in [6.45, 7) is 3.32. The molecule has 1 heterocycles. The molecule has 0 aromatic carbocycles. The van der Waals surface area contributed by atoms with Crippen molar-refractivity contribution in [2.75, 3.05) is 13.2 Å². The summed E-state index contributed by atoms with van der Waals surface area (Å²) >= 11 is 0. The summed E-state index contributed by atoms with van der Waals surface area (Å²) in [6, 6.07) is -1.16. The SMILES string of the molecule is CCCCC/C=C\C=C/CCCCCCCCCCCC(O)C(=O)NC(COC1OC(CO)C(O)C(O)C1O)C(O)C(O)CCCCCCCCC. The first-order valence-corrected chi connectivity index (χ1v) is 20.8. The minimum atomic E-state index is -1.66. The van der Waals surface area contributed by atoms with Gasteiger partial charge in [-0.3, -0.25) is 4.79 Å². The minimum Gasteiger partial charge on any atom is -0.394 e. The first-order chi connectivity index (χ1) is 25.2. The lowest BCUT2D eigenvalue weighted by molar-refractivity contribution is -0.303. The van der Waals surface area contributed by atoms with E-state index in [1.807, 2.05) is 0 Å². The number of hydrogen-bond donors (Lipinski definition) is 8. The van der Waals surface area contributed by atoms with Crippen molar-refractivity contribution < 1.29 is 50.0 Å². The summed E-state index contributed by atoms with van der Waals surface area (Å²) in [5.41, 5.74) is 0. The Kier molecular flexibility index (Phi) is 29.8. The number of carbonyl (C=O) groups is 1. The summed E-state index contributed by atoms with van der Waals surface area (Å²) in [5.74, 6) is -0.706. The zero-order valence-corrected chi connectivity index (χ0v) is 32.5. The summed E-state index contributed by atoms with van der Waals surface area (Å²) in [6.07, 6.45) is 21.1. The molecule has 0 aliphatic carbocycles. The van der Waals surface area contributed by atoms with E-state index in [2.05, 4.69) is 43.5 Å². The molecule has 52 heavy (non-hydrogen) atoms. The van der Waals surface area contributed by atoms with Crippen LogP contribution in [0.25, 0.3) is 0 Å². The van der Waals surface area contributed by atoms with Crippen molar-refractivity contribution in [2.45, 2.75) is 217 Å². The van der Waals surface area contributed by atoms with Crippen LogP contribution in [0.15, 0.2) is 24.3 Å². The normalized spacial score (nSPS) is 23.3. The molecule has 1 aliphatic rings. The second-order valence-electron chi connectivity index (χ2n) is 14.7. The third kappa shape index (κ3) is 22.1. The average molecular weight is 744 g/mol. The monoisotopic (exact) mass is 744 g/mol. The number of aliphatic hydroxyl groups is 7. The van der Waals surface area contributed by atoms with Crippen LogP contribution >= 0.6 is 0 Å². The van der Waals surface area contributed by atoms with Gasteiger partial charge in [-0.25, -0.2) is 0 Å². The number of aliphatic hydroxyl groups excluding tert-OH is 7. The van der Waals surface area contributed by atoms with E-state index in [0.29, 0.717) is 19.3 Å². The van der Waals surface area contributed by atoms with Gasteiger partial charge in [-0.05, 0) is 38.5 Å². The Morgan fingerprint density at radius 2 is 1.15 bits per heavy atom. The Hall–Kier alpha value is -1.41. The van der Waals surface area contributed by atoms with Crippen LogP contribution in [0.3, 0.4) is 0 Å². The van der Waals surface area contributed by atoms with E-state index in [1.165, 1.54) is 70.6 Å². The van der Waals surface area contributed by atoms with Crippen LogP contribution in [-0.2, 0) is 14.3 Å². The molecular weight excluding hydrogens is 666 g/mol. The summed E-state index contributed by atoms with van der Waals surface area (Å²) < 4.78 is 11.0. The lowest BCUT2D eigenvalue weighted by atomic mass is 9.98. The van der Waals surface area contributed by atoms with Crippen LogP contribution in [0.1, 0.15) is 162 Å². The summed E-state index contributed by atoms with van der Waals surface area (Å²) in [5, 5.41) is 75.1. The fourth-order valence-electron chi connectivity index (χ4n) is 6.49. The number of unbranched alkanes of at least 4 members (excludes halogenated alkanes) is 18. The van der Waals surface area contributed by atoms with Gasteiger partial charge < -0.3 is 50.5 Å². The highest BCUT2D eigenvalue weighted by atomic mass is 16.7. The van der Waals surface area contributed by atoms with Gasteiger partial charge in [-0.1, -0.05) is 147 Å². The van der Waals surface area contributed by atoms with Crippen LogP contribution in [0.5, 0.6) is 0 Å².